The summed E-state index contributed by atoms with van der Waals surface area (Å²) in [5.74, 6) is 0. The number of halogens is 1. The van der Waals surface area contributed by atoms with Crippen molar-refractivity contribution in [1.29, 1.82) is 0 Å². The summed E-state index contributed by atoms with van der Waals surface area (Å²) in [6.07, 6.45) is 1.56. The third kappa shape index (κ3) is 3.38. The van der Waals surface area contributed by atoms with Gasteiger partial charge in [0.1, 0.15) is 4.60 Å². The van der Waals surface area contributed by atoms with Crippen molar-refractivity contribution in [2.45, 2.75) is 13.8 Å². The average Bonchev–Trinajstić information content (AvgIpc) is 2.18. The molecule has 0 bridgehead atoms. The Morgan fingerprint density at radius 1 is 1.40 bits per heavy atom. The van der Waals surface area contributed by atoms with Crippen LogP contribution in [-0.4, -0.2) is 18.2 Å². The van der Waals surface area contributed by atoms with Crippen LogP contribution in [0.1, 0.15) is 13.8 Å². The van der Waals surface area contributed by atoms with Gasteiger partial charge in [-0.3, -0.25) is 4.57 Å². The summed E-state index contributed by atoms with van der Waals surface area (Å²) >= 11 is 3.21. The van der Waals surface area contributed by atoms with Crippen molar-refractivity contribution in [1.82, 2.24) is 4.98 Å². The number of nitrogens with zero attached hydrogens (tertiary/aromatic N) is 1. The van der Waals surface area contributed by atoms with Crippen LogP contribution in [0.15, 0.2) is 22.9 Å². The molecular weight excluding hydrogens is 281 g/mol. The summed E-state index contributed by atoms with van der Waals surface area (Å²) in [7, 11) is -3.17. The summed E-state index contributed by atoms with van der Waals surface area (Å²) in [5.41, 5.74) is 0. The standard InChI is InChI=1S/C9H13BrNO3P/c1-3-13-15(12,14-4-2)8-5-6-11-9(10)7-8/h5-7H,3-4H2,1-2H3. The topological polar surface area (TPSA) is 48.4 Å². The first-order chi connectivity index (χ1) is 7.12. The van der Waals surface area contributed by atoms with E-state index in [4.69, 9.17) is 9.05 Å². The van der Waals surface area contributed by atoms with Crippen molar-refractivity contribution in [3.05, 3.63) is 22.9 Å². The minimum absolute atomic E-state index is 0.344. The molecule has 0 saturated heterocycles. The zero-order valence-electron chi connectivity index (χ0n) is 8.64. The third-order valence-corrected chi connectivity index (χ3v) is 4.17. The third-order valence-electron chi connectivity index (χ3n) is 1.62. The molecule has 1 aromatic heterocycles. The van der Waals surface area contributed by atoms with Gasteiger partial charge in [0.05, 0.1) is 18.5 Å². The molecule has 0 aliphatic heterocycles. The Bertz CT molecular complexity index is 362. The van der Waals surface area contributed by atoms with Crippen LogP contribution < -0.4 is 5.30 Å². The van der Waals surface area contributed by atoms with E-state index in [1.54, 1.807) is 32.2 Å². The molecule has 0 spiro atoms. The van der Waals surface area contributed by atoms with E-state index in [9.17, 15) is 4.57 Å². The molecule has 0 aliphatic carbocycles. The molecule has 15 heavy (non-hydrogen) atoms. The number of pyridine rings is 1. The molecule has 0 N–H and O–H groups in total. The van der Waals surface area contributed by atoms with E-state index in [-0.39, 0.29) is 0 Å². The molecule has 6 heteroatoms. The van der Waals surface area contributed by atoms with Gasteiger partial charge in [0.15, 0.2) is 0 Å². The fourth-order valence-electron chi connectivity index (χ4n) is 1.09. The van der Waals surface area contributed by atoms with Crippen molar-refractivity contribution in [3.8, 4) is 0 Å². The lowest BCUT2D eigenvalue weighted by Crippen LogP contribution is -2.10. The largest absolute Gasteiger partial charge is 0.361 e. The zero-order valence-corrected chi connectivity index (χ0v) is 11.1. The van der Waals surface area contributed by atoms with Crippen molar-refractivity contribution < 1.29 is 13.6 Å². The summed E-state index contributed by atoms with van der Waals surface area (Å²) < 4.78 is 23.3. The predicted molar refractivity (Wildman–Crippen MR) is 62.4 cm³/mol. The van der Waals surface area contributed by atoms with Gasteiger partial charge in [-0.05, 0) is 41.9 Å². The van der Waals surface area contributed by atoms with E-state index in [2.05, 4.69) is 20.9 Å². The van der Waals surface area contributed by atoms with Gasteiger partial charge in [0, 0.05) is 6.20 Å². The number of rotatable bonds is 5. The molecule has 4 nitrogen and oxygen atoms in total. The highest BCUT2D eigenvalue weighted by atomic mass is 79.9. The van der Waals surface area contributed by atoms with Gasteiger partial charge in [-0.15, -0.1) is 0 Å². The van der Waals surface area contributed by atoms with Crippen LogP contribution >= 0.6 is 23.5 Å². The quantitative estimate of drug-likeness (QED) is 0.619. The minimum Gasteiger partial charge on any atom is -0.305 e. The molecule has 0 saturated carbocycles. The second-order valence-corrected chi connectivity index (χ2v) is 5.51. The van der Waals surface area contributed by atoms with Gasteiger partial charge < -0.3 is 9.05 Å². The van der Waals surface area contributed by atoms with Crippen LogP contribution in [0.4, 0.5) is 0 Å². The van der Waals surface area contributed by atoms with Crippen LogP contribution in [0.5, 0.6) is 0 Å². The zero-order chi connectivity index (χ0) is 11.3. The molecule has 0 aromatic carbocycles. The normalized spacial score (nSPS) is 11.7. The van der Waals surface area contributed by atoms with Crippen LogP contribution in [0.2, 0.25) is 0 Å². The SMILES string of the molecule is CCOP(=O)(OCC)c1ccnc(Br)c1. The highest BCUT2D eigenvalue weighted by Gasteiger charge is 2.26. The Morgan fingerprint density at radius 3 is 2.47 bits per heavy atom. The Labute approximate surface area is 97.7 Å². The molecule has 84 valence electrons. The van der Waals surface area contributed by atoms with Crippen molar-refractivity contribution >= 4 is 28.8 Å². The maximum atomic E-state index is 12.3. The maximum absolute atomic E-state index is 12.3. The Hall–Kier alpha value is -0.220. The first-order valence-electron chi connectivity index (χ1n) is 4.63. The molecule has 1 heterocycles. The first-order valence-corrected chi connectivity index (χ1v) is 6.97. The highest BCUT2D eigenvalue weighted by molar-refractivity contribution is 9.10. The summed E-state index contributed by atoms with van der Waals surface area (Å²) in [4.78, 5) is 3.96. The molecule has 0 radical (unpaired) electrons. The average molecular weight is 294 g/mol. The van der Waals surface area contributed by atoms with Crippen LogP contribution in [0, 0.1) is 0 Å². The summed E-state index contributed by atoms with van der Waals surface area (Å²) in [6.45, 7) is 4.25. The Kier molecular flexibility index (Phi) is 4.93. The fourth-order valence-corrected chi connectivity index (χ4v) is 3.21. The van der Waals surface area contributed by atoms with Crippen LogP contribution in [0.3, 0.4) is 0 Å². The summed E-state index contributed by atoms with van der Waals surface area (Å²) in [5, 5.41) is 0.521. The molecular formula is C9H13BrNO3P. The van der Waals surface area contributed by atoms with E-state index < -0.39 is 7.60 Å². The van der Waals surface area contributed by atoms with E-state index in [1.165, 1.54) is 0 Å². The van der Waals surface area contributed by atoms with Crippen LogP contribution in [-0.2, 0) is 13.6 Å². The highest BCUT2D eigenvalue weighted by Crippen LogP contribution is 2.46. The lowest BCUT2D eigenvalue weighted by atomic mass is 10.5. The second kappa shape index (κ2) is 5.75. The van der Waals surface area contributed by atoms with Crippen LogP contribution in [0.25, 0.3) is 0 Å². The van der Waals surface area contributed by atoms with Gasteiger partial charge in [-0.1, -0.05) is 0 Å². The predicted octanol–water partition coefficient (Wildman–Crippen LogP) is 2.74. The molecule has 0 aliphatic rings. The van der Waals surface area contributed by atoms with Crippen molar-refractivity contribution in [2.75, 3.05) is 13.2 Å². The fraction of sp³-hybridized carbons (Fsp3) is 0.444. The molecule has 0 atom stereocenters. The van der Waals surface area contributed by atoms with E-state index in [0.717, 1.165) is 0 Å². The lowest BCUT2D eigenvalue weighted by Gasteiger charge is -2.16. The van der Waals surface area contributed by atoms with Gasteiger partial charge in [-0.25, -0.2) is 4.98 Å². The van der Waals surface area contributed by atoms with Gasteiger partial charge in [0.25, 0.3) is 0 Å². The molecule has 1 rings (SSSR count). The van der Waals surface area contributed by atoms with Gasteiger partial charge >= 0.3 is 7.60 Å². The van der Waals surface area contributed by atoms with Gasteiger partial charge in [0.2, 0.25) is 0 Å². The Balaban J connectivity index is 3.03. The van der Waals surface area contributed by atoms with Gasteiger partial charge in [-0.2, -0.15) is 0 Å². The summed E-state index contributed by atoms with van der Waals surface area (Å²) in [6, 6.07) is 3.28. The Morgan fingerprint density at radius 2 is 2.00 bits per heavy atom. The minimum atomic E-state index is -3.17. The molecule has 1 aromatic rings. The molecule has 0 unspecified atom stereocenters. The lowest BCUT2D eigenvalue weighted by molar-refractivity contribution is 0.230. The van der Waals surface area contributed by atoms with Crippen molar-refractivity contribution in [2.24, 2.45) is 0 Å². The van der Waals surface area contributed by atoms with Crippen molar-refractivity contribution in [3.63, 3.8) is 0 Å². The second-order valence-electron chi connectivity index (χ2n) is 2.67. The first kappa shape index (κ1) is 12.8. The number of hydrogen-bond acceptors (Lipinski definition) is 4. The molecule has 0 amide bonds. The monoisotopic (exact) mass is 293 g/mol. The molecule has 0 fully saturated rings. The number of hydrogen-bond donors (Lipinski definition) is 0. The van der Waals surface area contributed by atoms with E-state index in [1.807, 2.05) is 0 Å². The maximum Gasteiger partial charge on any atom is 0.361 e. The van der Waals surface area contributed by atoms with E-state index in [0.29, 0.717) is 23.1 Å². The van der Waals surface area contributed by atoms with E-state index >= 15 is 0 Å². The smallest absolute Gasteiger partial charge is 0.305 e. The number of aromatic nitrogens is 1.